The maximum absolute atomic E-state index is 13.1. The second-order valence-corrected chi connectivity index (χ2v) is 9.92. The van der Waals surface area contributed by atoms with Crippen molar-refractivity contribution < 1.29 is 28.4 Å². The third-order valence-electron chi connectivity index (χ3n) is 5.21. The summed E-state index contributed by atoms with van der Waals surface area (Å²) in [7, 11) is 0. The SMILES string of the molecule is CC(C)C(NC(=O)OCC(C)(C)C)C(=O)CC1CCc2cc(on2)CCCNC(=O)C1=O. The van der Waals surface area contributed by atoms with Crippen LogP contribution >= 0.6 is 0 Å². The lowest BCUT2D eigenvalue weighted by atomic mass is 9.87. The smallest absolute Gasteiger partial charge is 0.407 e. The summed E-state index contributed by atoms with van der Waals surface area (Å²) in [6, 6.07) is 1.02. The van der Waals surface area contributed by atoms with Gasteiger partial charge in [0.25, 0.3) is 5.91 Å². The number of ketones is 2. The number of rotatable bonds is 6. The minimum atomic E-state index is -0.821. The van der Waals surface area contributed by atoms with Crippen LogP contribution in [0.3, 0.4) is 0 Å². The number of alkyl carbamates (subject to hydrolysis) is 1. The second kappa shape index (κ2) is 11.2. The number of amides is 2. The first-order chi connectivity index (χ1) is 15.0. The Bertz CT molecular complexity index is 824. The number of hydrogen-bond donors (Lipinski definition) is 2. The lowest BCUT2D eigenvalue weighted by molar-refractivity contribution is -0.141. The molecule has 0 saturated carbocycles. The van der Waals surface area contributed by atoms with E-state index in [1.165, 1.54) is 0 Å². The van der Waals surface area contributed by atoms with E-state index in [2.05, 4.69) is 15.8 Å². The number of Topliss-reactive ketones (excluding diaryl/α,β-unsaturated/α-hetero) is 2. The van der Waals surface area contributed by atoms with E-state index in [1.54, 1.807) is 13.8 Å². The van der Waals surface area contributed by atoms with Crippen molar-refractivity contribution in [2.24, 2.45) is 17.3 Å². The number of aryl methyl sites for hydroxylation is 2. The molecule has 1 aromatic heterocycles. The van der Waals surface area contributed by atoms with Gasteiger partial charge in [0.05, 0.1) is 18.3 Å². The topological polar surface area (TPSA) is 128 Å². The Morgan fingerprint density at radius 3 is 2.66 bits per heavy atom. The summed E-state index contributed by atoms with van der Waals surface area (Å²) < 4.78 is 10.5. The molecule has 2 heterocycles. The number of aromatic nitrogens is 1. The molecule has 0 aromatic carbocycles. The molecule has 9 heteroatoms. The number of carbonyl (C=O) groups is 4. The van der Waals surface area contributed by atoms with E-state index in [0.717, 1.165) is 5.76 Å². The van der Waals surface area contributed by atoms with Gasteiger partial charge in [-0.2, -0.15) is 0 Å². The number of nitrogens with one attached hydrogen (secondary N) is 2. The first-order valence-electron chi connectivity index (χ1n) is 11.2. The van der Waals surface area contributed by atoms with Crippen LogP contribution in [0.2, 0.25) is 0 Å². The van der Waals surface area contributed by atoms with Crippen molar-refractivity contribution >= 4 is 23.6 Å². The van der Waals surface area contributed by atoms with Crippen molar-refractivity contribution in [3.63, 3.8) is 0 Å². The Morgan fingerprint density at radius 1 is 1.28 bits per heavy atom. The molecule has 178 valence electrons. The van der Waals surface area contributed by atoms with Crippen LogP contribution in [0.5, 0.6) is 0 Å². The summed E-state index contributed by atoms with van der Waals surface area (Å²) in [6.07, 6.45) is 1.10. The van der Waals surface area contributed by atoms with E-state index in [9.17, 15) is 19.2 Å². The molecule has 2 rings (SSSR count). The molecule has 2 atom stereocenters. The molecular weight excluding hydrogens is 414 g/mol. The highest BCUT2D eigenvalue weighted by Crippen LogP contribution is 2.20. The van der Waals surface area contributed by atoms with Crippen LogP contribution in [0.1, 0.15) is 65.3 Å². The van der Waals surface area contributed by atoms with E-state index >= 15 is 0 Å². The van der Waals surface area contributed by atoms with Crippen molar-refractivity contribution in [1.82, 2.24) is 15.8 Å². The van der Waals surface area contributed by atoms with Crippen LogP contribution < -0.4 is 10.6 Å². The largest absolute Gasteiger partial charge is 0.449 e. The summed E-state index contributed by atoms with van der Waals surface area (Å²) in [5.74, 6) is -1.92. The number of hydrogen-bond acceptors (Lipinski definition) is 7. The van der Waals surface area contributed by atoms with Gasteiger partial charge in [0, 0.05) is 31.4 Å². The minimum absolute atomic E-state index is 0.153. The van der Waals surface area contributed by atoms with Crippen LogP contribution in [0, 0.1) is 17.3 Å². The van der Waals surface area contributed by atoms with Gasteiger partial charge in [-0.25, -0.2) is 4.79 Å². The third kappa shape index (κ3) is 8.09. The first-order valence-corrected chi connectivity index (χ1v) is 11.2. The average molecular weight is 450 g/mol. The molecule has 0 fully saturated rings. The highest BCUT2D eigenvalue weighted by molar-refractivity contribution is 6.37. The van der Waals surface area contributed by atoms with Crippen molar-refractivity contribution in [3.05, 3.63) is 17.5 Å². The summed E-state index contributed by atoms with van der Waals surface area (Å²) in [5.41, 5.74) is 0.485. The van der Waals surface area contributed by atoms with Gasteiger partial charge >= 0.3 is 6.09 Å². The molecule has 0 saturated heterocycles. The van der Waals surface area contributed by atoms with Crippen molar-refractivity contribution in [1.29, 1.82) is 0 Å². The van der Waals surface area contributed by atoms with Gasteiger partial charge < -0.3 is 19.9 Å². The zero-order valence-electron chi connectivity index (χ0n) is 19.7. The normalized spacial score (nSPS) is 18.9. The maximum Gasteiger partial charge on any atom is 0.407 e. The third-order valence-corrected chi connectivity index (χ3v) is 5.21. The van der Waals surface area contributed by atoms with Gasteiger partial charge in [0.1, 0.15) is 5.76 Å². The van der Waals surface area contributed by atoms with Crippen LogP contribution in [-0.2, 0) is 32.0 Å². The van der Waals surface area contributed by atoms with Crippen molar-refractivity contribution in [2.45, 2.75) is 72.8 Å². The molecule has 9 nitrogen and oxygen atoms in total. The Kier molecular flexibility index (Phi) is 8.98. The predicted octanol–water partition coefficient (Wildman–Crippen LogP) is 2.61. The number of fused-ring (bicyclic) bond motifs is 2. The number of ether oxygens (including phenoxy) is 1. The Labute approximate surface area is 189 Å². The molecule has 0 spiro atoms. The molecular formula is C23H35N3O6. The molecule has 1 aromatic rings. The van der Waals surface area contributed by atoms with Crippen molar-refractivity contribution in [3.8, 4) is 0 Å². The Balaban J connectivity index is 2.09. The molecule has 2 amide bonds. The molecule has 1 aliphatic rings. The maximum atomic E-state index is 13.1. The lowest BCUT2D eigenvalue weighted by Gasteiger charge is -2.24. The zero-order chi connectivity index (χ0) is 23.9. The predicted molar refractivity (Wildman–Crippen MR) is 117 cm³/mol. The fourth-order valence-electron chi connectivity index (χ4n) is 3.42. The lowest BCUT2D eigenvalue weighted by Crippen LogP contribution is -2.46. The van der Waals surface area contributed by atoms with E-state index in [4.69, 9.17) is 9.26 Å². The first kappa shape index (κ1) is 25.5. The molecule has 0 aliphatic carbocycles. The standard InChI is InChI=1S/C23H35N3O6/c1-14(2)19(25-22(30)31-13-23(3,4)5)18(27)11-15-8-9-16-12-17(32-26-16)7-6-10-24-21(29)20(15)28/h12,14-15,19H,6-11,13H2,1-5H3,(H,24,29)(H,25,30). The van der Waals surface area contributed by atoms with Gasteiger partial charge in [-0.15, -0.1) is 0 Å². The van der Waals surface area contributed by atoms with Crippen molar-refractivity contribution in [2.75, 3.05) is 13.2 Å². The van der Waals surface area contributed by atoms with Crippen LogP contribution in [0.25, 0.3) is 0 Å². The molecule has 2 N–H and O–H groups in total. The fraction of sp³-hybridized carbons (Fsp3) is 0.696. The molecule has 1 aliphatic heterocycles. The van der Waals surface area contributed by atoms with Crippen LogP contribution in [0.15, 0.2) is 10.6 Å². The summed E-state index contributed by atoms with van der Waals surface area (Å²) in [4.78, 5) is 50.4. The Hall–Kier alpha value is -2.71. The highest BCUT2D eigenvalue weighted by Gasteiger charge is 2.32. The summed E-state index contributed by atoms with van der Waals surface area (Å²) in [5, 5.41) is 9.25. The van der Waals surface area contributed by atoms with Gasteiger partial charge in [-0.05, 0) is 30.6 Å². The monoisotopic (exact) mass is 449 g/mol. The van der Waals surface area contributed by atoms with E-state index in [0.29, 0.717) is 31.5 Å². The average Bonchev–Trinajstić information content (AvgIpc) is 3.16. The quantitative estimate of drug-likeness (QED) is 0.639. The van der Waals surface area contributed by atoms with E-state index in [-0.39, 0.29) is 36.6 Å². The van der Waals surface area contributed by atoms with Gasteiger partial charge in [0.2, 0.25) is 5.78 Å². The second-order valence-electron chi connectivity index (χ2n) is 9.92. The molecule has 2 unspecified atom stereocenters. The van der Waals surface area contributed by atoms with Crippen LogP contribution in [0.4, 0.5) is 4.79 Å². The van der Waals surface area contributed by atoms with Gasteiger partial charge in [0.15, 0.2) is 5.78 Å². The molecule has 0 radical (unpaired) electrons. The van der Waals surface area contributed by atoms with E-state index in [1.807, 2.05) is 26.8 Å². The Morgan fingerprint density at radius 2 is 2.00 bits per heavy atom. The summed E-state index contributed by atoms with van der Waals surface area (Å²) >= 11 is 0. The minimum Gasteiger partial charge on any atom is -0.449 e. The van der Waals surface area contributed by atoms with E-state index < -0.39 is 29.7 Å². The zero-order valence-corrected chi connectivity index (χ0v) is 19.7. The molecule has 2 bridgehead atoms. The number of nitrogens with zero attached hydrogens (tertiary/aromatic N) is 1. The fourth-order valence-corrected chi connectivity index (χ4v) is 3.42. The van der Waals surface area contributed by atoms with Crippen LogP contribution in [-0.4, -0.2) is 47.9 Å². The van der Waals surface area contributed by atoms with Gasteiger partial charge in [-0.3, -0.25) is 14.4 Å². The highest BCUT2D eigenvalue weighted by atomic mass is 16.5. The summed E-state index contributed by atoms with van der Waals surface area (Å²) in [6.45, 7) is 9.95. The van der Waals surface area contributed by atoms with Gasteiger partial charge in [-0.1, -0.05) is 39.8 Å². The number of carbonyl (C=O) groups excluding carboxylic acids is 4. The molecule has 32 heavy (non-hydrogen) atoms.